The van der Waals surface area contributed by atoms with E-state index in [0.29, 0.717) is 18.0 Å². The molecule has 0 aliphatic carbocycles. The van der Waals surface area contributed by atoms with Crippen molar-refractivity contribution in [2.45, 2.75) is 45.6 Å². The number of halogens is 1. The largest absolute Gasteiger partial charge is 0.493 e. The Morgan fingerprint density at radius 1 is 1.29 bits per heavy atom. The van der Waals surface area contributed by atoms with Crippen molar-refractivity contribution < 1.29 is 37.2 Å². The first-order valence-electron chi connectivity index (χ1n) is 18.0. The second-order valence-corrected chi connectivity index (χ2v) is 6.86. The minimum absolute atomic E-state index is 0.174. The van der Waals surface area contributed by atoms with E-state index in [9.17, 15) is 9.18 Å². The van der Waals surface area contributed by atoms with Crippen molar-refractivity contribution >= 4 is 6.03 Å². The third kappa shape index (κ3) is 7.24. The van der Waals surface area contributed by atoms with Gasteiger partial charge in [0.2, 0.25) is 0 Å². The highest BCUT2D eigenvalue weighted by Crippen LogP contribution is 2.19. The van der Waals surface area contributed by atoms with Crippen molar-refractivity contribution in [3.63, 3.8) is 0 Å². The van der Waals surface area contributed by atoms with Gasteiger partial charge < -0.3 is 19.9 Å². The first kappa shape index (κ1) is 9.49. The molecule has 5 nitrogen and oxygen atoms in total. The summed E-state index contributed by atoms with van der Waals surface area (Å²) in [5, 5.41) is 2.05. The molecule has 0 bridgehead atoms. The number of hydrogen-bond acceptors (Lipinski definition) is 3. The molecule has 0 saturated carbocycles. The number of hydrogen-bond donors (Lipinski definition) is 1. The second-order valence-electron chi connectivity index (χ2n) is 6.86. The summed E-state index contributed by atoms with van der Waals surface area (Å²) in [5.41, 5.74) is -1.24. The van der Waals surface area contributed by atoms with E-state index in [4.69, 9.17) is 28.0 Å². The number of carbonyl (C=O) groups is 1. The number of nitrogens with zero attached hydrogens (tertiary/aromatic N) is 2. The first-order valence-corrected chi connectivity index (χ1v) is 9.47. The quantitative estimate of drug-likeness (QED) is 0.644. The Kier molecular flexibility index (Phi) is 3.41. The van der Waals surface area contributed by atoms with Gasteiger partial charge in [0, 0.05) is 28.6 Å². The summed E-state index contributed by atoms with van der Waals surface area (Å²) in [7, 11) is 1.78. The number of carbonyl (C=O) groups excluding carboxylic acids is 1. The molecule has 0 radical (unpaired) electrons. The van der Waals surface area contributed by atoms with Crippen LogP contribution in [-0.2, 0) is 13.0 Å². The Labute approximate surface area is 209 Å². The van der Waals surface area contributed by atoms with Crippen LogP contribution in [0.15, 0.2) is 48.4 Å². The molecule has 0 aromatic heterocycles. The molecule has 1 saturated heterocycles. The predicted octanol–water partition coefficient (Wildman–Crippen LogP) is 4.67. The number of rotatable bonds is 8. The fraction of sp³-hybridized carbons (Fsp3) is 0.480. The van der Waals surface area contributed by atoms with Gasteiger partial charge in [-0.15, -0.1) is 0 Å². The zero-order chi connectivity index (χ0) is 37.0. The second kappa shape index (κ2) is 11.1. The summed E-state index contributed by atoms with van der Waals surface area (Å²) in [6.07, 6.45) is 0.349. The lowest BCUT2D eigenvalue weighted by Gasteiger charge is -2.37. The molecule has 0 spiro atoms. The number of benzene rings is 2. The van der Waals surface area contributed by atoms with E-state index in [0.717, 1.165) is 24.3 Å². The van der Waals surface area contributed by atoms with Crippen LogP contribution in [-0.4, -0.2) is 48.6 Å². The van der Waals surface area contributed by atoms with Crippen LogP contribution < -0.4 is 10.1 Å². The van der Waals surface area contributed by atoms with Crippen LogP contribution in [0.1, 0.15) is 61.0 Å². The van der Waals surface area contributed by atoms with E-state index in [1.807, 2.05) is 4.90 Å². The van der Waals surface area contributed by atoms with Crippen molar-refractivity contribution in [2.75, 3.05) is 26.7 Å². The van der Waals surface area contributed by atoms with Gasteiger partial charge in [-0.2, -0.15) is 0 Å². The molecule has 31 heavy (non-hydrogen) atoms. The van der Waals surface area contributed by atoms with E-state index in [1.54, 1.807) is 7.05 Å². The molecule has 2 aromatic carbocycles. The highest BCUT2D eigenvalue weighted by Gasteiger charge is 2.27. The lowest BCUT2D eigenvalue weighted by molar-refractivity contribution is 0.127. The SMILES string of the molecule is [2H]c1c([2H])c(C([2H])([2H])N(C(=O)NC([2H])([2H])c2ccc(OC([2H])([2H])C([2H])(C([2H])([2H])[2H])C([2H])([2H])[2H])cc2)C2CCN(C)CC2)c([2H])c([2H])c1F. The first-order chi connectivity index (χ1) is 21.6. The normalized spacial score (nSPS) is 25.7. The van der Waals surface area contributed by atoms with Crippen LogP contribution in [0.25, 0.3) is 0 Å². The van der Waals surface area contributed by atoms with Gasteiger partial charge >= 0.3 is 6.03 Å². The number of amides is 2. The molecule has 1 N–H and O–H groups in total. The molecule has 6 heteroatoms. The molecule has 2 aromatic rings. The van der Waals surface area contributed by atoms with Crippen LogP contribution >= 0.6 is 0 Å². The number of ether oxygens (including phenoxy) is 1. The maximum absolute atomic E-state index is 14.3. The molecular formula is C25H34FN3O2. The van der Waals surface area contributed by atoms with Gasteiger partial charge in [0.05, 0.1) is 20.3 Å². The van der Waals surface area contributed by atoms with Crippen LogP contribution in [0.4, 0.5) is 9.18 Å². The van der Waals surface area contributed by atoms with E-state index < -0.39 is 92.5 Å². The zero-order valence-electron chi connectivity index (χ0n) is 33.8. The van der Waals surface area contributed by atoms with Crippen molar-refractivity contribution in [3.8, 4) is 5.75 Å². The lowest BCUT2D eigenvalue weighted by atomic mass is 10.0. The summed E-state index contributed by atoms with van der Waals surface area (Å²) in [4.78, 5) is 16.2. The highest BCUT2D eigenvalue weighted by molar-refractivity contribution is 5.74. The molecule has 1 heterocycles. The van der Waals surface area contributed by atoms with Crippen LogP contribution in [0.5, 0.6) is 5.75 Å². The van der Waals surface area contributed by atoms with E-state index in [-0.39, 0.29) is 18.4 Å². The molecule has 0 unspecified atom stereocenters. The summed E-state index contributed by atoms with van der Waals surface area (Å²) in [6.45, 7) is -16.1. The van der Waals surface area contributed by atoms with Gasteiger partial charge in [-0.1, -0.05) is 37.9 Å². The van der Waals surface area contributed by atoms with Gasteiger partial charge in [0.15, 0.2) is 0 Å². The molecule has 1 aliphatic rings. The number of urea groups is 1. The lowest BCUT2D eigenvalue weighted by Crippen LogP contribution is -2.49. The van der Waals surface area contributed by atoms with E-state index >= 15 is 0 Å². The highest BCUT2D eigenvalue weighted by atomic mass is 19.1. The third-order valence-corrected chi connectivity index (χ3v) is 4.54. The predicted molar refractivity (Wildman–Crippen MR) is 121 cm³/mol. The van der Waals surface area contributed by atoms with Crippen LogP contribution in [0.3, 0.4) is 0 Å². The average Bonchev–Trinajstić information content (AvgIpc) is 2.94. The van der Waals surface area contributed by atoms with Gasteiger partial charge in [-0.05, 0) is 74.2 Å². The van der Waals surface area contributed by atoms with Gasteiger partial charge in [-0.3, -0.25) is 0 Å². The maximum atomic E-state index is 14.3. The minimum atomic E-state index is -3.73. The summed E-state index contributed by atoms with van der Waals surface area (Å²) in [6, 6.07) is -2.86. The number of likely N-dealkylation sites (tertiary alicyclic amines) is 1. The zero-order valence-corrected chi connectivity index (χ0v) is 16.8. The molecular weight excluding hydrogens is 393 g/mol. The number of piperidine rings is 1. The summed E-state index contributed by atoms with van der Waals surface area (Å²) >= 11 is 0. The third-order valence-electron chi connectivity index (χ3n) is 4.54. The Hall–Kier alpha value is -2.60. The molecule has 2 amide bonds. The Morgan fingerprint density at radius 2 is 1.97 bits per heavy atom. The molecule has 1 aliphatic heterocycles. The van der Waals surface area contributed by atoms with Crippen molar-refractivity contribution in [1.82, 2.24) is 15.1 Å². The molecule has 1 fully saturated rings. The monoisotopic (exact) mass is 444 g/mol. The van der Waals surface area contributed by atoms with Crippen LogP contribution in [0, 0.1) is 11.7 Å². The van der Waals surface area contributed by atoms with Gasteiger partial charge in [-0.25, -0.2) is 9.18 Å². The maximum Gasteiger partial charge on any atom is 0.318 e. The van der Waals surface area contributed by atoms with Crippen molar-refractivity contribution in [3.05, 3.63) is 65.4 Å². The van der Waals surface area contributed by atoms with Crippen LogP contribution in [0.2, 0.25) is 0 Å². The summed E-state index contributed by atoms with van der Waals surface area (Å²) < 4.78 is 155. The topological polar surface area (TPSA) is 44.8 Å². The van der Waals surface area contributed by atoms with E-state index in [1.165, 1.54) is 0 Å². The van der Waals surface area contributed by atoms with E-state index in [2.05, 4.69) is 5.32 Å². The summed E-state index contributed by atoms with van der Waals surface area (Å²) in [5.74, 6) is -5.73. The van der Waals surface area contributed by atoms with Gasteiger partial charge in [0.1, 0.15) is 11.6 Å². The Morgan fingerprint density at radius 3 is 2.61 bits per heavy atom. The standard InChI is InChI=1S/C25H34FN3O2/c1-19(2)18-31-24-10-6-20(7-11-24)16-27-25(30)29(23-12-14-28(3)15-13-23)17-21-4-8-22(26)9-5-21/h4-11,19,23H,12-18H2,1-3H3,(H,27,30)/i1D3,2D3,4D,5D,8D,9D,16D2,17D2,18D2,19D. The fourth-order valence-corrected chi connectivity index (χ4v) is 2.94. The Balaban J connectivity index is 1.98. The number of nitrogens with one attached hydrogen (secondary N) is 1. The molecule has 0 atom stereocenters. The van der Waals surface area contributed by atoms with Gasteiger partial charge in [0.25, 0.3) is 0 Å². The fourth-order valence-electron chi connectivity index (χ4n) is 2.94. The minimum Gasteiger partial charge on any atom is -0.493 e. The van der Waals surface area contributed by atoms with Crippen molar-refractivity contribution in [1.29, 1.82) is 0 Å². The molecule has 168 valence electrons. The van der Waals surface area contributed by atoms with Crippen molar-refractivity contribution in [2.24, 2.45) is 5.89 Å². The average molecular weight is 445 g/mol. The smallest absolute Gasteiger partial charge is 0.318 e. The molecule has 3 rings (SSSR count). The Bertz CT molecular complexity index is 1460.